The van der Waals surface area contributed by atoms with Crippen molar-refractivity contribution in [3.05, 3.63) is 53.6 Å². The van der Waals surface area contributed by atoms with Gasteiger partial charge >= 0.3 is 11.8 Å². The molecule has 0 aliphatic rings. The Hall–Kier alpha value is -3.57. The number of benzene rings is 2. The number of para-hydroxylation sites is 1. The summed E-state index contributed by atoms with van der Waals surface area (Å²) < 4.78 is 10.3. The number of ether oxygens (including phenoxy) is 2. The molecule has 2 amide bonds. The number of nitriles is 1. The van der Waals surface area contributed by atoms with Crippen LogP contribution in [0.4, 0.5) is 5.69 Å². The predicted molar refractivity (Wildman–Crippen MR) is 97.3 cm³/mol. The lowest BCUT2D eigenvalue weighted by Gasteiger charge is -2.15. The number of anilines is 1. The van der Waals surface area contributed by atoms with Crippen LogP contribution in [0.2, 0.25) is 0 Å². The fourth-order valence-corrected chi connectivity index (χ4v) is 2.32. The first-order valence-corrected chi connectivity index (χ1v) is 7.98. The van der Waals surface area contributed by atoms with Crippen molar-refractivity contribution in [3.8, 4) is 17.6 Å². The Labute approximate surface area is 156 Å². The minimum absolute atomic E-state index is 0.179. The minimum atomic E-state index is -1.05. The summed E-state index contributed by atoms with van der Waals surface area (Å²) in [5.41, 5.74) is 0.966. The van der Waals surface area contributed by atoms with Crippen molar-refractivity contribution < 1.29 is 24.2 Å². The SMILES string of the molecule is COc1ccc([C@@H](O)CNC(=O)C(=O)Nc2ccccc2C#N)cc1OC. The summed E-state index contributed by atoms with van der Waals surface area (Å²) in [5.74, 6) is -0.918. The maximum Gasteiger partial charge on any atom is 0.313 e. The molecule has 0 aliphatic carbocycles. The van der Waals surface area contributed by atoms with Gasteiger partial charge in [0.2, 0.25) is 0 Å². The van der Waals surface area contributed by atoms with Crippen LogP contribution in [0.25, 0.3) is 0 Å². The van der Waals surface area contributed by atoms with Gasteiger partial charge in [-0.25, -0.2) is 0 Å². The number of rotatable bonds is 6. The highest BCUT2D eigenvalue weighted by molar-refractivity contribution is 6.39. The van der Waals surface area contributed by atoms with Crippen LogP contribution in [0, 0.1) is 11.3 Å². The molecule has 0 heterocycles. The fourth-order valence-electron chi connectivity index (χ4n) is 2.32. The summed E-state index contributed by atoms with van der Waals surface area (Å²) in [7, 11) is 2.97. The van der Waals surface area contributed by atoms with Crippen LogP contribution in [-0.4, -0.2) is 37.7 Å². The first kappa shape index (κ1) is 19.8. The van der Waals surface area contributed by atoms with Gasteiger partial charge < -0.3 is 25.2 Å². The van der Waals surface area contributed by atoms with Gasteiger partial charge in [0.05, 0.1) is 31.6 Å². The second kappa shape index (κ2) is 9.22. The number of hydrogen-bond acceptors (Lipinski definition) is 6. The predicted octanol–water partition coefficient (Wildman–Crippen LogP) is 1.36. The van der Waals surface area contributed by atoms with Crippen molar-refractivity contribution in [2.75, 3.05) is 26.1 Å². The zero-order valence-corrected chi connectivity index (χ0v) is 14.9. The van der Waals surface area contributed by atoms with Gasteiger partial charge in [-0.05, 0) is 29.8 Å². The Morgan fingerprint density at radius 3 is 2.48 bits per heavy atom. The molecule has 27 heavy (non-hydrogen) atoms. The number of carbonyl (C=O) groups is 2. The van der Waals surface area contributed by atoms with E-state index in [0.29, 0.717) is 17.1 Å². The number of aliphatic hydroxyl groups is 1. The Bertz CT molecular complexity index is 876. The van der Waals surface area contributed by atoms with Crippen molar-refractivity contribution in [3.63, 3.8) is 0 Å². The Balaban J connectivity index is 1.96. The molecule has 0 bridgehead atoms. The van der Waals surface area contributed by atoms with Crippen LogP contribution in [0.5, 0.6) is 11.5 Å². The number of nitrogens with zero attached hydrogens (tertiary/aromatic N) is 1. The van der Waals surface area contributed by atoms with E-state index < -0.39 is 17.9 Å². The number of aliphatic hydroxyl groups excluding tert-OH is 1. The van der Waals surface area contributed by atoms with E-state index in [9.17, 15) is 14.7 Å². The van der Waals surface area contributed by atoms with E-state index >= 15 is 0 Å². The zero-order valence-electron chi connectivity index (χ0n) is 14.9. The second-order valence-corrected chi connectivity index (χ2v) is 5.45. The van der Waals surface area contributed by atoms with Crippen LogP contribution >= 0.6 is 0 Å². The molecule has 8 heteroatoms. The second-order valence-electron chi connectivity index (χ2n) is 5.45. The van der Waals surface area contributed by atoms with Crippen molar-refractivity contribution in [2.45, 2.75) is 6.10 Å². The fraction of sp³-hybridized carbons (Fsp3) is 0.211. The van der Waals surface area contributed by atoms with Gasteiger partial charge in [-0.1, -0.05) is 18.2 Å². The molecular formula is C19H19N3O5. The highest BCUT2D eigenvalue weighted by Crippen LogP contribution is 2.29. The van der Waals surface area contributed by atoms with E-state index in [1.165, 1.54) is 26.4 Å². The Kier molecular flexibility index (Phi) is 6.74. The van der Waals surface area contributed by atoms with Gasteiger partial charge in [0, 0.05) is 6.54 Å². The molecular weight excluding hydrogens is 350 g/mol. The third-order valence-electron chi connectivity index (χ3n) is 3.75. The largest absolute Gasteiger partial charge is 0.493 e. The van der Waals surface area contributed by atoms with Gasteiger partial charge in [0.1, 0.15) is 6.07 Å². The van der Waals surface area contributed by atoms with E-state index in [2.05, 4.69) is 10.6 Å². The highest BCUT2D eigenvalue weighted by atomic mass is 16.5. The lowest BCUT2D eigenvalue weighted by atomic mass is 10.1. The highest BCUT2D eigenvalue weighted by Gasteiger charge is 2.18. The summed E-state index contributed by atoms with van der Waals surface area (Å²) >= 11 is 0. The zero-order chi connectivity index (χ0) is 19.8. The molecule has 0 aromatic heterocycles. The molecule has 0 unspecified atom stereocenters. The molecule has 2 rings (SSSR count). The van der Waals surface area contributed by atoms with Crippen LogP contribution in [0.15, 0.2) is 42.5 Å². The van der Waals surface area contributed by atoms with Crippen molar-refractivity contribution in [2.24, 2.45) is 0 Å². The van der Waals surface area contributed by atoms with Crippen molar-refractivity contribution >= 4 is 17.5 Å². The molecule has 0 aliphatic heterocycles. The van der Waals surface area contributed by atoms with E-state index in [-0.39, 0.29) is 17.8 Å². The molecule has 3 N–H and O–H groups in total. The third-order valence-corrected chi connectivity index (χ3v) is 3.75. The maximum absolute atomic E-state index is 12.0. The van der Waals surface area contributed by atoms with E-state index in [4.69, 9.17) is 14.7 Å². The van der Waals surface area contributed by atoms with E-state index in [0.717, 1.165) is 0 Å². The van der Waals surface area contributed by atoms with Crippen LogP contribution in [0.1, 0.15) is 17.2 Å². The molecule has 0 fully saturated rings. The summed E-state index contributed by atoms with van der Waals surface area (Å²) in [6.45, 7) is -0.179. The molecule has 8 nitrogen and oxygen atoms in total. The van der Waals surface area contributed by atoms with E-state index in [1.54, 1.807) is 30.3 Å². The van der Waals surface area contributed by atoms with Gasteiger partial charge in [-0.2, -0.15) is 5.26 Å². The molecule has 2 aromatic rings. The number of amides is 2. The topological polar surface area (TPSA) is 121 Å². The molecule has 0 radical (unpaired) electrons. The van der Waals surface area contributed by atoms with Crippen molar-refractivity contribution in [1.82, 2.24) is 5.32 Å². The van der Waals surface area contributed by atoms with Gasteiger partial charge in [0.15, 0.2) is 11.5 Å². The molecule has 2 aromatic carbocycles. The quantitative estimate of drug-likeness (QED) is 0.661. The smallest absolute Gasteiger partial charge is 0.313 e. The molecule has 1 atom stereocenters. The van der Waals surface area contributed by atoms with Crippen LogP contribution in [0.3, 0.4) is 0 Å². The first-order chi connectivity index (χ1) is 13.0. The molecule has 0 spiro atoms. The number of carbonyl (C=O) groups excluding carboxylic acids is 2. The summed E-state index contributed by atoms with van der Waals surface area (Å²) in [4.78, 5) is 23.9. The average Bonchev–Trinajstić information content (AvgIpc) is 2.71. The lowest BCUT2D eigenvalue weighted by molar-refractivity contribution is -0.136. The van der Waals surface area contributed by atoms with Crippen LogP contribution in [-0.2, 0) is 9.59 Å². The average molecular weight is 369 g/mol. The molecule has 0 saturated heterocycles. The molecule has 140 valence electrons. The summed E-state index contributed by atoms with van der Waals surface area (Å²) in [5, 5.41) is 23.9. The third kappa shape index (κ3) is 4.96. The van der Waals surface area contributed by atoms with Gasteiger partial charge in [0.25, 0.3) is 0 Å². The van der Waals surface area contributed by atoms with E-state index in [1.807, 2.05) is 6.07 Å². The normalized spacial score (nSPS) is 11.0. The monoisotopic (exact) mass is 369 g/mol. The number of methoxy groups -OCH3 is 2. The number of nitrogens with one attached hydrogen (secondary N) is 2. The maximum atomic E-state index is 12.0. The standard InChI is InChI=1S/C19H19N3O5/c1-26-16-8-7-12(9-17(16)27-2)15(23)11-21-18(24)19(25)22-14-6-4-3-5-13(14)10-20/h3-9,15,23H,11H2,1-2H3,(H,21,24)(H,22,25)/t15-/m0/s1. The summed E-state index contributed by atoms with van der Waals surface area (Å²) in [6.07, 6.45) is -1.05. The lowest BCUT2D eigenvalue weighted by Crippen LogP contribution is -2.37. The summed E-state index contributed by atoms with van der Waals surface area (Å²) in [6, 6.07) is 13.1. The van der Waals surface area contributed by atoms with Crippen LogP contribution < -0.4 is 20.1 Å². The Morgan fingerprint density at radius 2 is 1.81 bits per heavy atom. The number of hydrogen-bond donors (Lipinski definition) is 3. The Morgan fingerprint density at radius 1 is 1.11 bits per heavy atom. The minimum Gasteiger partial charge on any atom is -0.493 e. The van der Waals surface area contributed by atoms with Crippen molar-refractivity contribution in [1.29, 1.82) is 5.26 Å². The van der Waals surface area contributed by atoms with Gasteiger partial charge in [-0.3, -0.25) is 9.59 Å². The van der Waals surface area contributed by atoms with Gasteiger partial charge in [-0.15, -0.1) is 0 Å². The molecule has 0 saturated carbocycles. The first-order valence-electron chi connectivity index (χ1n) is 7.98.